The second kappa shape index (κ2) is 11.6. The van der Waals surface area contributed by atoms with Crippen LogP contribution in [0.15, 0.2) is 194 Å². The fourth-order valence-electron chi connectivity index (χ4n) is 8.90. The molecule has 1 spiro atoms. The van der Waals surface area contributed by atoms with Crippen molar-refractivity contribution in [1.29, 1.82) is 0 Å². The minimum atomic E-state index is -0.469. The summed E-state index contributed by atoms with van der Waals surface area (Å²) in [5, 5.41) is 0. The van der Waals surface area contributed by atoms with Gasteiger partial charge in [-0.1, -0.05) is 164 Å². The average Bonchev–Trinajstić information content (AvgIpc) is 3.67. The molecule has 8 aromatic rings. The van der Waals surface area contributed by atoms with Crippen LogP contribution < -0.4 is 4.90 Å². The van der Waals surface area contributed by atoms with Crippen molar-refractivity contribution in [3.8, 4) is 44.5 Å². The molecule has 0 aliphatic heterocycles. The van der Waals surface area contributed by atoms with Gasteiger partial charge >= 0.3 is 0 Å². The zero-order valence-electron chi connectivity index (χ0n) is 28.4. The molecule has 0 unspecified atom stereocenters. The van der Waals surface area contributed by atoms with E-state index in [2.05, 4.69) is 206 Å². The van der Waals surface area contributed by atoms with Gasteiger partial charge in [0.15, 0.2) is 0 Å². The van der Waals surface area contributed by atoms with Crippen LogP contribution in [-0.2, 0) is 5.41 Å². The number of benzene rings is 8. The highest BCUT2D eigenvalue weighted by Gasteiger charge is 2.53. The van der Waals surface area contributed by atoms with Gasteiger partial charge in [0.2, 0.25) is 0 Å². The van der Waals surface area contributed by atoms with E-state index < -0.39 is 5.41 Å². The van der Waals surface area contributed by atoms with Crippen LogP contribution in [0, 0.1) is 6.92 Å². The molecule has 2 aliphatic rings. The molecule has 0 heterocycles. The lowest BCUT2D eigenvalue weighted by molar-refractivity contribution is 0.793. The monoisotopic (exact) mass is 649 g/mol. The van der Waals surface area contributed by atoms with E-state index in [1.807, 2.05) is 0 Å². The molecule has 8 aromatic carbocycles. The van der Waals surface area contributed by atoms with Crippen molar-refractivity contribution in [2.24, 2.45) is 0 Å². The number of aryl methyl sites for hydroxylation is 1. The number of nitrogens with zero attached hydrogens (tertiary/aromatic N) is 1. The van der Waals surface area contributed by atoms with Gasteiger partial charge in [-0.2, -0.15) is 0 Å². The van der Waals surface area contributed by atoms with Crippen molar-refractivity contribution in [2.45, 2.75) is 12.3 Å². The number of hydrogen-bond acceptors (Lipinski definition) is 1. The Bertz CT molecular complexity index is 2530. The SMILES string of the molecule is Cc1cc(-c2ccccc2)ccc1N(c1cccc(-c2ccccc2)c1)c1cccc2c1C1(c3ccccc3-c3ccccc31)c1ccccc1-2. The van der Waals surface area contributed by atoms with E-state index in [0.29, 0.717) is 0 Å². The zero-order chi connectivity index (χ0) is 33.9. The van der Waals surface area contributed by atoms with Crippen molar-refractivity contribution < 1.29 is 0 Å². The normalized spacial score (nSPS) is 13.0. The van der Waals surface area contributed by atoms with Gasteiger partial charge in [0.1, 0.15) is 0 Å². The molecular formula is C50H35N. The maximum Gasteiger partial charge on any atom is 0.0746 e. The van der Waals surface area contributed by atoms with Crippen molar-refractivity contribution in [3.63, 3.8) is 0 Å². The molecule has 0 radical (unpaired) electrons. The van der Waals surface area contributed by atoms with Gasteiger partial charge in [-0.05, 0) is 104 Å². The summed E-state index contributed by atoms with van der Waals surface area (Å²) in [6.07, 6.45) is 0. The zero-order valence-corrected chi connectivity index (χ0v) is 28.4. The quantitative estimate of drug-likeness (QED) is 0.179. The standard InChI is InChI=1S/C50H35N/c1-34-32-38(36-18-6-3-7-19-36)30-31-47(34)51(39-21-14-20-37(33-39)35-16-4-2-5-17-35)48-29-15-25-43-42-24-10-13-28-46(42)50(49(43)48)44-26-11-8-22-40(44)41-23-9-12-27-45(41)50/h2-33H,1H3. The lowest BCUT2D eigenvalue weighted by Crippen LogP contribution is -2.28. The predicted octanol–water partition coefficient (Wildman–Crippen LogP) is 13.1. The summed E-state index contributed by atoms with van der Waals surface area (Å²) in [5.41, 5.74) is 19.7. The summed E-state index contributed by atoms with van der Waals surface area (Å²) in [5.74, 6) is 0. The average molecular weight is 650 g/mol. The van der Waals surface area contributed by atoms with Crippen LogP contribution in [0.1, 0.15) is 27.8 Å². The van der Waals surface area contributed by atoms with Crippen molar-refractivity contribution >= 4 is 17.1 Å². The Hall–Kier alpha value is -6.44. The van der Waals surface area contributed by atoms with Gasteiger partial charge in [-0.3, -0.25) is 0 Å². The molecule has 240 valence electrons. The number of fused-ring (bicyclic) bond motifs is 10. The first-order valence-electron chi connectivity index (χ1n) is 17.8. The van der Waals surface area contributed by atoms with Gasteiger partial charge in [0, 0.05) is 16.9 Å². The number of anilines is 3. The lowest BCUT2D eigenvalue weighted by Gasteiger charge is -2.36. The highest BCUT2D eigenvalue weighted by Crippen LogP contribution is 2.65. The Labute approximate surface area is 299 Å². The third-order valence-electron chi connectivity index (χ3n) is 11.0. The van der Waals surface area contributed by atoms with Crippen LogP contribution in [0.4, 0.5) is 17.1 Å². The molecule has 0 atom stereocenters. The molecule has 2 aliphatic carbocycles. The largest absolute Gasteiger partial charge is 0.310 e. The predicted molar refractivity (Wildman–Crippen MR) is 213 cm³/mol. The van der Waals surface area contributed by atoms with Crippen molar-refractivity contribution in [3.05, 3.63) is 222 Å². The minimum Gasteiger partial charge on any atom is -0.310 e. The van der Waals surface area contributed by atoms with E-state index in [1.54, 1.807) is 0 Å². The summed E-state index contributed by atoms with van der Waals surface area (Å²) in [6, 6.07) is 71.5. The molecule has 51 heavy (non-hydrogen) atoms. The minimum absolute atomic E-state index is 0.469. The van der Waals surface area contributed by atoms with Crippen LogP contribution in [0.2, 0.25) is 0 Å². The first-order chi connectivity index (χ1) is 25.2. The summed E-state index contributed by atoms with van der Waals surface area (Å²) in [4.78, 5) is 2.52. The molecule has 1 nitrogen and oxygen atoms in total. The topological polar surface area (TPSA) is 3.24 Å². The Kier molecular flexibility index (Phi) is 6.69. The molecular weight excluding hydrogens is 615 g/mol. The maximum atomic E-state index is 2.52. The molecule has 0 amide bonds. The number of rotatable bonds is 5. The van der Waals surface area contributed by atoms with E-state index in [4.69, 9.17) is 0 Å². The van der Waals surface area contributed by atoms with Crippen LogP contribution in [0.25, 0.3) is 44.5 Å². The molecule has 10 rings (SSSR count). The molecule has 0 fully saturated rings. The van der Waals surface area contributed by atoms with Gasteiger partial charge in [0.05, 0.1) is 11.1 Å². The first kappa shape index (κ1) is 29.5. The Morgan fingerprint density at radius 1 is 0.353 bits per heavy atom. The van der Waals surface area contributed by atoms with Gasteiger partial charge in [0.25, 0.3) is 0 Å². The molecule has 0 saturated carbocycles. The fourth-order valence-corrected chi connectivity index (χ4v) is 8.90. The summed E-state index contributed by atoms with van der Waals surface area (Å²) in [6.45, 7) is 2.25. The van der Waals surface area contributed by atoms with E-state index in [9.17, 15) is 0 Å². The van der Waals surface area contributed by atoms with Crippen LogP contribution in [-0.4, -0.2) is 0 Å². The summed E-state index contributed by atoms with van der Waals surface area (Å²) in [7, 11) is 0. The highest BCUT2D eigenvalue weighted by molar-refractivity contribution is 6.00. The van der Waals surface area contributed by atoms with Crippen molar-refractivity contribution in [2.75, 3.05) is 4.90 Å². The molecule has 0 N–H and O–H groups in total. The highest BCUT2D eigenvalue weighted by atomic mass is 15.1. The number of hydrogen-bond donors (Lipinski definition) is 0. The molecule has 0 aromatic heterocycles. The van der Waals surface area contributed by atoms with Crippen molar-refractivity contribution in [1.82, 2.24) is 0 Å². The van der Waals surface area contributed by atoms with Gasteiger partial charge in [-0.15, -0.1) is 0 Å². The summed E-state index contributed by atoms with van der Waals surface area (Å²) < 4.78 is 0. The maximum absolute atomic E-state index is 2.52. The second-order valence-electron chi connectivity index (χ2n) is 13.7. The Morgan fingerprint density at radius 3 is 1.41 bits per heavy atom. The molecule has 0 bridgehead atoms. The fraction of sp³-hybridized carbons (Fsp3) is 0.0400. The van der Waals surface area contributed by atoms with E-state index in [-0.39, 0.29) is 0 Å². The van der Waals surface area contributed by atoms with E-state index in [1.165, 1.54) is 83.7 Å². The third-order valence-corrected chi connectivity index (χ3v) is 11.0. The van der Waals surface area contributed by atoms with E-state index >= 15 is 0 Å². The lowest BCUT2D eigenvalue weighted by atomic mass is 9.70. The molecule has 0 saturated heterocycles. The molecule has 1 heteroatoms. The van der Waals surface area contributed by atoms with E-state index in [0.717, 1.165) is 5.69 Å². The van der Waals surface area contributed by atoms with Crippen LogP contribution in [0.5, 0.6) is 0 Å². The smallest absolute Gasteiger partial charge is 0.0746 e. The second-order valence-corrected chi connectivity index (χ2v) is 13.7. The third kappa shape index (κ3) is 4.35. The van der Waals surface area contributed by atoms with Gasteiger partial charge < -0.3 is 4.90 Å². The van der Waals surface area contributed by atoms with Crippen LogP contribution in [0.3, 0.4) is 0 Å². The van der Waals surface area contributed by atoms with Gasteiger partial charge in [-0.25, -0.2) is 0 Å². The Balaban J connectivity index is 1.29. The first-order valence-corrected chi connectivity index (χ1v) is 17.8. The Morgan fingerprint density at radius 2 is 0.824 bits per heavy atom. The van der Waals surface area contributed by atoms with Crippen LogP contribution >= 0.6 is 0 Å². The summed E-state index contributed by atoms with van der Waals surface area (Å²) >= 11 is 0.